The third kappa shape index (κ3) is 7.12. The molecule has 9 rings (SSSR count). The molecule has 0 unspecified atom stereocenters. The highest BCUT2D eigenvalue weighted by Crippen LogP contribution is 2.53. The van der Waals surface area contributed by atoms with Gasteiger partial charge in [-0.2, -0.15) is 28.4 Å². The summed E-state index contributed by atoms with van der Waals surface area (Å²) in [6, 6.07) is 6.96. The Bertz CT molecular complexity index is 2370. The average molecular weight is 809 g/mol. The van der Waals surface area contributed by atoms with Gasteiger partial charge in [0.05, 0.1) is 27.7 Å². The van der Waals surface area contributed by atoms with Crippen molar-refractivity contribution in [2.75, 3.05) is 62.4 Å². The number of aromatic nitrogens is 3. The number of hydrogen-bond acceptors (Lipinski definition) is 12. The zero-order valence-corrected chi connectivity index (χ0v) is 32.0. The van der Waals surface area contributed by atoms with Crippen LogP contribution in [0.15, 0.2) is 30.5 Å². The third-order valence-electron chi connectivity index (χ3n) is 11.5. The van der Waals surface area contributed by atoms with Gasteiger partial charge in [-0.3, -0.25) is 4.90 Å². The molecule has 3 aromatic heterocycles. The van der Waals surface area contributed by atoms with Gasteiger partial charge in [0.2, 0.25) is 0 Å². The van der Waals surface area contributed by atoms with Gasteiger partial charge in [0.1, 0.15) is 58.6 Å². The number of nitrogens with zero attached hydrogens (tertiary/aromatic N) is 6. The van der Waals surface area contributed by atoms with Crippen molar-refractivity contribution in [3.63, 3.8) is 0 Å². The van der Waals surface area contributed by atoms with Crippen molar-refractivity contribution >= 4 is 49.0 Å². The first-order valence-corrected chi connectivity index (χ1v) is 19.8. The van der Waals surface area contributed by atoms with E-state index in [1.807, 2.05) is 6.07 Å². The number of nitrogens with two attached hydrogens (primary N) is 2. The number of hydrogen-bond donors (Lipinski definition) is 2. The Balaban J connectivity index is 0.000000589. The van der Waals surface area contributed by atoms with Crippen LogP contribution >= 0.6 is 11.3 Å². The van der Waals surface area contributed by atoms with Gasteiger partial charge in [-0.1, -0.05) is 19.1 Å². The Morgan fingerprint density at radius 1 is 1.04 bits per heavy atom. The molecule has 17 heteroatoms. The Kier molecular flexibility index (Phi) is 10.5. The molecule has 4 N–H and O–H groups in total. The molecule has 4 aliphatic heterocycles. The van der Waals surface area contributed by atoms with Gasteiger partial charge in [0, 0.05) is 42.5 Å². The number of fused-ring (bicyclic) bond motifs is 2. The molecule has 0 spiro atoms. The highest BCUT2D eigenvalue weighted by Gasteiger charge is 2.46. The quantitative estimate of drug-likeness (QED) is 0.161. The Labute approximate surface area is 329 Å². The van der Waals surface area contributed by atoms with Crippen LogP contribution in [-0.2, 0) is 17.5 Å². The number of nitriles is 1. The highest BCUT2D eigenvalue weighted by atomic mass is 32.1. The number of benzene rings is 2. The summed E-state index contributed by atoms with van der Waals surface area (Å²) >= 11 is 0.693. The minimum Gasteiger partial charge on any atom is -0.490 e. The fourth-order valence-corrected chi connectivity index (χ4v) is 9.47. The molecule has 0 atom stereocenters. The molecular weight excluding hydrogens is 768 g/mol. The first kappa shape index (κ1) is 38.8. The van der Waals surface area contributed by atoms with Crippen LogP contribution in [0.25, 0.3) is 32.1 Å². The second kappa shape index (κ2) is 15.4. The van der Waals surface area contributed by atoms with Crippen molar-refractivity contribution < 1.29 is 36.2 Å². The predicted molar refractivity (Wildman–Crippen MR) is 207 cm³/mol. The van der Waals surface area contributed by atoms with Gasteiger partial charge >= 0.3 is 12.2 Å². The largest absolute Gasteiger partial charge is 0.490 e. The Morgan fingerprint density at radius 3 is 2.46 bits per heavy atom. The van der Waals surface area contributed by atoms with Crippen LogP contribution in [0.5, 0.6) is 11.8 Å². The lowest BCUT2D eigenvalue weighted by atomic mass is 9.91. The Hall–Kier alpha value is -5.05. The van der Waals surface area contributed by atoms with Crippen molar-refractivity contribution in [2.45, 2.75) is 63.7 Å². The zero-order valence-electron chi connectivity index (χ0n) is 31.2. The maximum absolute atomic E-state index is 17.3. The SMILES string of the molecule is CC1CCOCC1.N#Cc1c(N)sc2c(F)ccc(-c3c(C(F)(F)F)c4c5c(nc(OCC67CCCN6CCC7)nc5c3F)N(Cc3cccnc3N)CCO4)c12. The van der Waals surface area contributed by atoms with Gasteiger partial charge in [-0.25, -0.2) is 13.8 Å². The molecular formula is C40H41F5N8O3S. The van der Waals surface area contributed by atoms with Gasteiger partial charge in [0.15, 0.2) is 5.82 Å². The summed E-state index contributed by atoms with van der Waals surface area (Å²) < 4.78 is 95.3. The molecule has 0 amide bonds. The minimum absolute atomic E-state index is 0.0364. The number of thiophene rings is 1. The van der Waals surface area contributed by atoms with Crippen LogP contribution in [-0.4, -0.2) is 71.5 Å². The Morgan fingerprint density at radius 2 is 1.79 bits per heavy atom. The number of halogens is 5. The smallest absolute Gasteiger partial charge is 0.420 e. The van der Waals surface area contributed by atoms with E-state index in [0.29, 0.717) is 16.9 Å². The molecule has 0 bridgehead atoms. The monoisotopic (exact) mass is 808 g/mol. The number of pyridine rings is 1. The van der Waals surface area contributed by atoms with E-state index in [-0.39, 0.29) is 81.1 Å². The molecule has 5 aromatic rings. The number of ether oxygens (including phenoxy) is 3. The van der Waals surface area contributed by atoms with Gasteiger partial charge in [0.25, 0.3) is 0 Å². The van der Waals surface area contributed by atoms with E-state index >= 15 is 22.0 Å². The van der Waals surface area contributed by atoms with Crippen LogP contribution in [0.4, 0.5) is 38.6 Å². The molecule has 3 fully saturated rings. The first-order chi connectivity index (χ1) is 27.4. The number of nitrogen functional groups attached to an aromatic ring is 2. The number of alkyl halides is 3. The van der Waals surface area contributed by atoms with Crippen LogP contribution in [0.1, 0.15) is 62.1 Å². The topological polar surface area (TPSA) is 149 Å². The maximum atomic E-state index is 17.3. The molecule has 0 aliphatic carbocycles. The van der Waals surface area contributed by atoms with E-state index in [4.69, 9.17) is 25.7 Å². The first-order valence-electron chi connectivity index (χ1n) is 19.0. The fourth-order valence-electron chi connectivity index (χ4n) is 8.52. The summed E-state index contributed by atoms with van der Waals surface area (Å²) in [7, 11) is 0. The fraction of sp³-hybridized carbons (Fsp3) is 0.450. The lowest BCUT2D eigenvalue weighted by molar-refractivity contribution is -0.138. The molecule has 57 heavy (non-hydrogen) atoms. The van der Waals surface area contributed by atoms with Gasteiger partial charge in [-0.15, -0.1) is 11.3 Å². The van der Waals surface area contributed by atoms with E-state index in [1.54, 1.807) is 17.0 Å². The van der Waals surface area contributed by atoms with Crippen molar-refractivity contribution in [2.24, 2.45) is 5.92 Å². The standard InChI is InChI=1S/C34H29F5N8O2S.C6H12O/c35-20-6-5-18(21-19(14-40)30(42)50-28(20)21)22-24(34(37,38)39)27-23-26(25(22)36)44-32(49-16-33-7-2-10-47(33)11-3-8-33)45-31(23)46(12-13-48-27)15-17-4-1-9-43-29(17)41;1-6-2-4-7-5-3-6/h1,4-6,9H,2-3,7-8,10-13,15-16,42H2,(H2,41,43);6H,2-5H2,1H3. The molecule has 7 heterocycles. The van der Waals surface area contributed by atoms with Crippen molar-refractivity contribution in [1.29, 1.82) is 5.26 Å². The third-order valence-corrected chi connectivity index (χ3v) is 12.5. The van der Waals surface area contributed by atoms with E-state index in [1.165, 1.54) is 19.0 Å². The summed E-state index contributed by atoms with van der Waals surface area (Å²) in [5.74, 6) is -1.78. The lowest BCUT2D eigenvalue weighted by Gasteiger charge is -2.31. The second-order valence-electron chi connectivity index (χ2n) is 15.0. The van der Waals surface area contributed by atoms with Crippen molar-refractivity contribution in [3.05, 3.63) is 58.8 Å². The normalized spacial score (nSPS) is 18.2. The van der Waals surface area contributed by atoms with E-state index in [2.05, 4.69) is 26.8 Å². The van der Waals surface area contributed by atoms with Crippen LogP contribution in [0, 0.1) is 28.9 Å². The molecule has 0 saturated carbocycles. The summed E-state index contributed by atoms with van der Waals surface area (Å²) in [6.45, 7) is 6.18. The molecule has 0 radical (unpaired) electrons. The molecule has 2 aromatic carbocycles. The lowest BCUT2D eigenvalue weighted by Crippen LogP contribution is -2.43. The molecule has 11 nitrogen and oxygen atoms in total. The number of anilines is 3. The van der Waals surface area contributed by atoms with E-state index in [9.17, 15) is 5.26 Å². The second-order valence-corrected chi connectivity index (χ2v) is 16.1. The van der Waals surface area contributed by atoms with E-state index < -0.39 is 40.2 Å². The summed E-state index contributed by atoms with van der Waals surface area (Å²) in [5, 5.41) is 9.24. The molecule has 4 aliphatic rings. The maximum Gasteiger partial charge on any atom is 0.420 e. The average Bonchev–Trinajstić information content (AvgIpc) is 3.84. The summed E-state index contributed by atoms with van der Waals surface area (Å²) in [6.07, 6.45) is 2.65. The van der Waals surface area contributed by atoms with Crippen LogP contribution < -0.4 is 25.8 Å². The van der Waals surface area contributed by atoms with Crippen LogP contribution in [0.2, 0.25) is 0 Å². The van der Waals surface area contributed by atoms with Crippen molar-refractivity contribution in [3.8, 4) is 29.0 Å². The summed E-state index contributed by atoms with van der Waals surface area (Å²) in [5.41, 5.74) is 8.95. The number of rotatable bonds is 6. The van der Waals surface area contributed by atoms with Crippen LogP contribution in [0.3, 0.4) is 0 Å². The highest BCUT2D eigenvalue weighted by molar-refractivity contribution is 7.23. The molecule has 300 valence electrons. The zero-order chi connectivity index (χ0) is 40.1. The van der Waals surface area contributed by atoms with Crippen molar-refractivity contribution in [1.82, 2.24) is 19.9 Å². The van der Waals surface area contributed by atoms with Gasteiger partial charge < -0.3 is 30.6 Å². The minimum atomic E-state index is -5.18. The predicted octanol–water partition coefficient (Wildman–Crippen LogP) is 8.08. The van der Waals surface area contributed by atoms with Gasteiger partial charge in [-0.05, 0) is 75.2 Å². The van der Waals surface area contributed by atoms with E-state index in [0.717, 1.165) is 70.0 Å². The molecule has 3 saturated heterocycles. The summed E-state index contributed by atoms with van der Waals surface area (Å²) in [4.78, 5) is 17.2.